The van der Waals surface area contributed by atoms with E-state index in [1.807, 2.05) is 13.0 Å². The fourth-order valence-corrected chi connectivity index (χ4v) is 4.04. The fraction of sp³-hybridized carbons (Fsp3) is 0.579. The van der Waals surface area contributed by atoms with Crippen LogP contribution < -0.4 is 10.6 Å². The van der Waals surface area contributed by atoms with Crippen LogP contribution in [0.5, 0.6) is 5.75 Å². The lowest BCUT2D eigenvalue weighted by atomic mass is 9.92. The van der Waals surface area contributed by atoms with Crippen molar-refractivity contribution in [2.75, 3.05) is 13.2 Å². The first kappa shape index (κ1) is 17.3. The highest BCUT2D eigenvalue weighted by molar-refractivity contribution is 6.06. The van der Waals surface area contributed by atoms with E-state index in [1.54, 1.807) is 16.8 Å². The highest BCUT2D eigenvalue weighted by Crippen LogP contribution is 2.30. The average molecular weight is 358 g/mol. The molecule has 7 nitrogen and oxygen atoms in total. The van der Waals surface area contributed by atoms with E-state index in [0.717, 1.165) is 19.3 Å². The number of para-hydroxylation sites is 1. The Morgan fingerprint density at radius 1 is 1.42 bits per heavy atom. The number of nitrogens with one attached hydrogen (secondary N) is 2. The lowest BCUT2D eigenvalue weighted by Gasteiger charge is -2.40. The molecular weight excluding hydrogens is 332 g/mol. The number of amides is 1. The summed E-state index contributed by atoms with van der Waals surface area (Å²) in [4.78, 5) is 13.0. The molecule has 2 saturated heterocycles. The van der Waals surface area contributed by atoms with Gasteiger partial charge in [-0.1, -0.05) is 19.1 Å². The number of aromatic nitrogens is 2. The summed E-state index contributed by atoms with van der Waals surface area (Å²) < 4.78 is 7.34. The Kier molecular flexibility index (Phi) is 4.58. The second-order valence-corrected chi connectivity index (χ2v) is 7.46. The summed E-state index contributed by atoms with van der Waals surface area (Å²) in [5.41, 5.74) is 1.01. The second kappa shape index (κ2) is 6.89. The quantitative estimate of drug-likeness (QED) is 0.778. The van der Waals surface area contributed by atoms with E-state index in [2.05, 4.69) is 22.7 Å². The van der Waals surface area contributed by atoms with Gasteiger partial charge in [-0.3, -0.25) is 9.48 Å². The molecule has 0 aliphatic carbocycles. The Morgan fingerprint density at radius 2 is 2.15 bits per heavy atom. The summed E-state index contributed by atoms with van der Waals surface area (Å²) in [5, 5.41) is 22.2. The molecule has 4 rings (SSSR count). The van der Waals surface area contributed by atoms with Gasteiger partial charge in [0.1, 0.15) is 11.3 Å². The number of aromatic hydroxyl groups is 1. The minimum Gasteiger partial charge on any atom is -0.506 e. The van der Waals surface area contributed by atoms with Crippen molar-refractivity contribution in [3.63, 3.8) is 0 Å². The molecular formula is C19H26N4O3. The van der Waals surface area contributed by atoms with Gasteiger partial charge in [-0.25, -0.2) is 0 Å². The summed E-state index contributed by atoms with van der Waals surface area (Å²) in [6.45, 7) is 5.49. The van der Waals surface area contributed by atoms with Crippen molar-refractivity contribution < 1.29 is 14.6 Å². The molecule has 1 aromatic carbocycles. The summed E-state index contributed by atoms with van der Waals surface area (Å²) >= 11 is 0. The van der Waals surface area contributed by atoms with Gasteiger partial charge in [0.05, 0.1) is 13.2 Å². The molecule has 2 fully saturated rings. The fourth-order valence-electron chi connectivity index (χ4n) is 4.04. The molecule has 7 heteroatoms. The van der Waals surface area contributed by atoms with E-state index in [0.29, 0.717) is 41.9 Å². The van der Waals surface area contributed by atoms with Gasteiger partial charge in [0.2, 0.25) is 0 Å². The number of phenols is 1. The van der Waals surface area contributed by atoms with Crippen molar-refractivity contribution in [2.24, 2.45) is 0 Å². The van der Waals surface area contributed by atoms with E-state index < -0.39 is 0 Å². The number of fused-ring (bicyclic) bond motifs is 3. The molecule has 0 spiro atoms. The van der Waals surface area contributed by atoms with Crippen LogP contribution in [-0.4, -0.2) is 52.1 Å². The van der Waals surface area contributed by atoms with E-state index in [9.17, 15) is 9.90 Å². The number of benzene rings is 1. The van der Waals surface area contributed by atoms with Crippen LogP contribution in [0.25, 0.3) is 10.9 Å². The van der Waals surface area contributed by atoms with Gasteiger partial charge in [0, 0.05) is 29.6 Å². The molecule has 2 unspecified atom stereocenters. The molecule has 26 heavy (non-hydrogen) atoms. The van der Waals surface area contributed by atoms with Crippen molar-refractivity contribution in [1.82, 2.24) is 20.4 Å². The maximum atomic E-state index is 13.0. The van der Waals surface area contributed by atoms with Crippen LogP contribution in [0.3, 0.4) is 0 Å². The number of hydrogen-bond acceptors (Lipinski definition) is 5. The van der Waals surface area contributed by atoms with Crippen molar-refractivity contribution in [1.29, 1.82) is 0 Å². The molecule has 2 aromatic rings. The number of rotatable bonds is 4. The molecule has 0 radical (unpaired) electrons. The van der Waals surface area contributed by atoms with Crippen LogP contribution in [0.4, 0.5) is 0 Å². The largest absolute Gasteiger partial charge is 0.506 e. The van der Waals surface area contributed by atoms with Gasteiger partial charge >= 0.3 is 0 Å². The van der Waals surface area contributed by atoms with Crippen molar-refractivity contribution >= 4 is 16.8 Å². The standard InChI is InChI=1S/C19H26N4O3/c1-3-11(2)23-18-15(5-4-6-16(18)24)17(22-23)19(25)21-12-7-13-9-26-10-14(8-12)20-13/h4-6,11-14,20,24H,3,7-10H2,1-2H3,(H,21,25)/t11?,12?,13-,14+. The molecule has 0 saturated carbocycles. The molecule has 2 aliphatic rings. The van der Waals surface area contributed by atoms with Gasteiger partial charge in [-0.05, 0) is 32.3 Å². The zero-order valence-corrected chi connectivity index (χ0v) is 15.2. The van der Waals surface area contributed by atoms with Crippen molar-refractivity contribution in [3.05, 3.63) is 23.9 Å². The summed E-state index contributed by atoms with van der Waals surface area (Å²) in [6, 6.07) is 6.05. The average Bonchev–Trinajstić information content (AvgIpc) is 3.02. The van der Waals surface area contributed by atoms with E-state index in [1.165, 1.54) is 0 Å². The third kappa shape index (κ3) is 3.05. The van der Waals surface area contributed by atoms with Gasteiger partial charge in [-0.15, -0.1) is 0 Å². The minimum atomic E-state index is -0.173. The first-order chi connectivity index (χ1) is 12.6. The van der Waals surface area contributed by atoms with Gasteiger partial charge in [0.25, 0.3) is 5.91 Å². The van der Waals surface area contributed by atoms with Crippen LogP contribution in [0.1, 0.15) is 49.6 Å². The third-order valence-electron chi connectivity index (χ3n) is 5.51. The van der Waals surface area contributed by atoms with Crippen LogP contribution in [0, 0.1) is 0 Å². The molecule has 1 aromatic heterocycles. The Hall–Kier alpha value is -2.12. The maximum absolute atomic E-state index is 13.0. The van der Waals surface area contributed by atoms with E-state index in [-0.39, 0.29) is 23.7 Å². The van der Waals surface area contributed by atoms with Crippen LogP contribution in [0.15, 0.2) is 18.2 Å². The predicted octanol–water partition coefficient (Wildman–Crippen LogP) is 1.96. The van der Waals surface area contributed by atoms with Crippen molar-refractivity contribution in [2.45, 2.75) is 57.3 Å². The predicted molar refractivity (Wildman–Crippen MR) is 98.4 cm³/mol. The minimum absolute atomic E-state index is 0.0998. The number of nitrogens with zero attached hydrogens (tertiary/aromatic N) is 2. The third-order valence-corrected chi connectivity index (χ3v) is 5.51. The maximum Gasteiger partial charge on any atom is 0.272 e. The normalized spacial score (nSPS) is 26.6. The van der Waals surface area contributed by atoms with Crippen LogP contribution in [0.2, 0.25) is 0 Å². The Balaban J connectivity index is 1.62. The molecule has 2 aliphatic heterocycles. The zero-order valence-electron chi connectivity index (χ0n) is 15.2. The van der Waals surface area contributed by atoms with Crippen LogP contribution >= 0.6 is 0 Å². The first-order valence-electron chi connectivity index (χ1n) is 9.41. The number of piperidine rings is 1. The molecule has 2 bridgehead atoms. The molecule has 3 N–H and O–H groups in total. The molecule has 4 atom stereocenters. The van der Waals surface area contributed by atoms with Gasteiger partial charge in [-0.2, -0.15) is 5.10 Å². The highest BCUT2D eigenvalue weighted by Gasteiger charge is 2.33. The van der Waals surface area contributed by atoms with Crippen molar-refractivity contribution in [3.8, 4) is 5.75 Å². The monoisotopic (exact) mass is 358 g/mol. The number of ether oxygens (including phenoxy) is 1. The van der Waals surface area contributed by atoms with Gasteiger partial charge in [0.15, 0.2) is 5.69 Å². The second-order valence-electron chi connectivity index (χ2n) is 7.46. The Morgan fingerprint density at radius 3 is 2.85 bits per heavy atom. The molecule has 140 valence electrons. The number of morpholine rings is 1. The van der Waals surface area contributed by atoms with Gasteiger partial charge < -0.3 is 20.5 Å². The lowest BCUT2D eigenvalue weighted by molar-refractivity contribution is 0.0148. The van der Waals surface area contributed by atoms with E-state index in [4.69, 9.17) is 4.74 Å². The number of hydrogen-bond donors (Lipinski definition) is 3. The topological polar surface area (TPSA) is 88.4 Å². The Labute approximate surface area is 152 Å². The lowest BCUT2D eigenvalue weighted by Crippen LogP contribution is -2.58. The van der Waals surface area contributed by atoms with E-state index >= 15 is 0 Å². The number of phenolic OH excluding ortho intramolecular Hbond substituents is 1. The summed E-state index contributed by atoms with van der Waals surface area (Å²) in [6.07, 6.45) is 2.58. The number of carbonyl (C=O) groups is 1. The highest BCUT2D eigenvalue weighted by atomic mass is 16.5. The molecule has 3 heterocycles. The number of carbonyl (C=O) groups excluding carboxylic acids is 1. The smallest absolute Gasteiger partial charge is 0.272 e. The Bertz CT molecular complexity index is 806. The van der Waals surface area contributed by atoms with Crippen LogP contribution in [-0.2, 0) is 4.74 Å². The zero-order chi connectivity index (χ0) is 18.3. The summed E-state index contributed by atoms with van der Waals surface area (Å²) in [7, 11) is 0. The summed E-state index contributed by atoms with van der Waals surface area (Å²) in [5.74, 6) is -0.0172. The molecule has 1 amide bonds. The first-order valence-corrected chi connectivity index (χ1v) is 9.41. The SMILES string of the molecule is CCC(C)n1nc(C(=O)NC2C[C@H]3COC[C@@H](C2)N3)c2cccc(O)c21.